The van der Waals surface area contributed by atoms with Crippen LogP contribution in [0.5, 0.6) is 0 Å². The monoisotopic (exact) mass is 441 g/mol. The number of benzene rings is 3. The van der Waals surface area contributed by atoms with Gasteiger partial charge in [0.2, 0.25) is 0 Å². The van der Waals surface area contributed by atoms with Gasteiger partial charge in [0, 0.05) is 22.3 Å². The molecule has 0 aliphatic rings. The third-order valence-corrected chi connectivity index (χ3v) is 6.14. The SMILES string of the molecule is O=C(Nc1nccc2sncc12)c1ccc(Cl)c(-c2ccc(-c3ccccc3)cc2)c1. The minimum atomic E-state index is -0.245. The molecule has 6 heteroatoms. The van der Waals surface area contributed by atoms with E-state index in [1.165, 1.54) is 11.5 Å². The predicted octanol–water partition coefficient (Wildman–Crippen LogP) is 6.93. The van der Waals surface area contributed by atoms with Gasteiger partial charge >= 0.3 is 0 Å². The topological polar surface area (TPSA) is 54.9 Å². The lowest BCUT2D eigenvalue weighted by atomic mass is 9.99. The first-order chi connectivity index (χ1) is 15.2. The van der Waals surface area contributed by atoms with Gasteiger partial charge in [0.25, 0.3) is 5.91 Å². The summed E-state index contributed by atoms with van der Waals surface area (Å²) in [6.07, 6.45) is 3.38. The van der Waals surface area contributed by atoms with Crippen molar-refractivity contribution in [1.82, 2.24) is 9.36 Å². The maximum absolute atomic E-state index is 12.9. The van der Waals surface area contributed by atoms with Crippen LogP contribution in [0.1, 0.15) is 10.4 Å². The molecule has 0 bridgehead atoms. The zero-order valence-corrected chi connectivity index (χ0v) is 17.8. The number of hydrogen-bond donors (Lipinski definition) is 1. The number of aromatic nitrogens is 2. The van der Waals surface area contributed by atoms with Gasteiger partial charge in [-0.3, -0.25) is 4.79 Å². The minimum Gasteiger partial charge on any atom is -0.306 e. The molecule has 150 valence electrons. The van der Waals surface area contributed by atoms with Crippen molar-refractivity contribution in [1.29, 1.82) is 0 Å². The third kappa shape index (κ3) is 3.93. The summed E-state index contributed by atoms with van der Waals surface area (Å²) in [5.41, 5.74) is 4.53. The number of carbonyl (C=O) groups excluding carboxylic acids is 1. The number of anilines is 1. The van der Waals surface area contributed by atoms with Crippen LogP contribution in [0.2, 0.25) is 5.02 Å². The lowest BCUT2D eigenvalue weighted by molar-refractivity contribution is 0.102. The van der Waals surface area contributed by atoms with E-state index in [-0.39, 0.29) is 5.91 Å². The largest absolute Gasteiger partial charge is 0.306 e. The summed E-state index contributed by atoms with van der Waals surface area (Å²) in [4.78, 5) is 17.2. The molecule has 31 heavy (non-hydrogen) atoms. The van der Waals surface area contributed by atoms with Crippen LogP contribution in [0, 0.1) is 0 Å². The van der Waals surface area contributed by atoms with E-state index >= 15 is 0 Å². The molecular weight excluding hydrogens is 426 g/mol. The van der Waals surface area contributed by atoms with Gasteiger partial charge in [0.05, 0.1) is 16.3 Å². The Labute approximate surface area is 188 Å². The number of carbonyl (C=O) groups is 1. The van der Waals surface area contributed by atoms with Gasteiger partial charge in [0.15, 0.2) is 0 Å². The highest BCUT2D eigenvalue weighted by atomic mass is 35.5. The number of pyridine rings is 1. The maximum atomic E-state index is 12.9. The van der Waals surface area contributed by atoms with Crippen LogP contribution >= 0.6 is 23.1 Å². The van der Waals surface area contributed by atoms with E-state index < -0.39 is 0 Å². The van der Waals surface area contributed by atoms with E-state index in [4.69, 9.17) is 11.6 Å². The number of halogens is 1. The van der Waals surface area contributed by atoms with Crippen molar-refractivity contribution in [3.8, 4) is 22.3 Å². The maximum Gasteiger partial charge on any atom is 0.256 e. The average Bonchev–Trinajstić information content (AvgIpc) is 3.30. The van der Waals surface area contributed by atoms with Gasteiger partial charge in [-0.1, -0.05) is 66.2 Å². The first-order valence-corrected chi connectivity index (χ1v) is 10.8. The summed E-state index contributed by atoms with van der Waals surface area (Å²) in [7, 11) is 0. The molecule has 0 saturated heterocycles. The molecule has 5 rings (SSSR count). The average molecular weight is 442 g/mol. The third-order valence-electron chi connectivity index (χ3n) is 5.05. The van der Waals surface area contributed by atoms with Crippen molar-refractivity contribution >= 4 is 44.9 Å². The number of fused-ring (bicyclic) bond motifs is 1. The molecule has 1 N–H and O–H groups in total. The van der Waals surface area contributed by atoms with Gasteiger partial charge in [-0.15, -0.1) is 0 Å². The summed E-state index contributed by atoms with van der Waals surface area (Å²) < 4.78 is 5.14. The first-order valence-electron chi connectivity index (χ1n) is 9.65. The molecule has 1 amide bonds. The number of rotatable bonds is 4. The Morgan fingerprint density at radius 2 is 1.61 bits per heavy atom. The molecule has 0 aliphatic carbocycles. The summed E-state index contributed by atoms with van der Waals surface area (Å²) in [5.74, 6) is 0.255. The van der Waals surface area contributed by atoms with Crippen molar-refractivity contribution in [2.45, 2.75) is 0 Å². The Hall–Kier alpha value is -3.54. The van der Waals surface area contributed by atoms with Crippen LogP contribution in [0.4, 0.5) is 5.82 Å². The smallest absolute Gasteiger partial charge is 0.256 e. The van der Waals surface area contributed by atoms with Crippen molar-refractivity contribution in [3.63, 3.8) is 0 Å². The van der Waals surface area contributed by atoms with E-state index in [0.29, 0.717) is 16.4 Å². The molecule has 0 fully saturated rings. The van der Waals surface area contributed by atoms with Crippen molar-refractivity contribution in [2.75, 3.05) is 5.32 Å². The molecule has 3 aromatic carbocycles. The van der Waals surface area contributed by atoms with E-state index in [1.54, 1.807) is 30.6 Å². The minimum absolute atomic E-state index is 0.245. The first kappa shape index (κ1) is 19.4. The molecule has 0 atom stereocenters. The second-order valence-corrected chi connectivity index (χ2v) is 8.23. The van der Waals surface area contributed by atoms with Crippen LogP contribution in [-0.4, -0.2) is 15.3 Å². The van der Waals surface area contributed by atoms with Crippen LogP contribution in [-0.2, 0) is 0 Å². The fourth-order valence-corrected chi connectivity index (χ4v) is 4.30. The fourth-order valence-electron chi connectivity index (χ4n) is 3.44. The Morgan fingerprint density at radius 3 is 2.42 bits per heavy atom. The second kappa shape index (κ2) is 8.30. The van der Waals surface area contributed by atoms with Crippen LogP contribution < -0.4 is 5.32 Å². The predicted molar refractivity (Wildman–Crippen MR) is 128 cm³/mol. The quantitative estimate of drug-likeness (QED) is 0.329. The molecule has 0 unspecified atom stereocenters. The normalized spacial score (nSPS) is 10.9. The summed E-state index contributed by atoms with van der Waals surface area (Å²) >= 11 is 7.83. The lowest BCUT2D eigenvalue weighted by Crippen LogP contribution is -2.13. The fraction of sp³-hybridized carbons (Fsp3) is 0. The summed E-state index contributed by atoms with van der Waals surface area (Å²) in [6.45, 7) is 0. The Morgan fingerprint density at radius 1 is 0.871 bits per heavy atom. The Kier molecular flexibility index (Phi) is 5.20. The van der Waals surface area contributed by atoms with Gasteiger partial charge in [-0.2, -0.15) is 4.37 Å². The molecule has 5 aromatic rings. The van der Waals surface area contributed by atoms with Crippen LogP contribution in [0.3, 0.4) is 0 Å². The van der Waals surface area contributed by atoms with Gasteiger partial charge < -0.3 is 5.32 Å². The molecule has 0 radical (unpaired) electrons. The molecule has 0 saturated carbocycles. The highest BCUT2D eigenvalue weighted by Crippen LogP contribution is 2.31. The van der Waals surface area contributed by atoms with Gasteiger partial charge in [-0.05, 0) is 52.5 Å². The number of hydrogen-bond acceptors (Lipinski definition) is 4. The lowest BCUT2D eigenvalue weighted by Gasteiger charge is -2.10. The van der Waals surface area contributed by atoms with E-state index in [2.05, 4.69) is 38.9 Å². The van der Waals surface area contributed by atoms with Crippen molar-refractivity contribution < 1.29 is 4.79 Å². The number of amides is 1. The molecule has 2 aromatic heterocycles. The van der Waals surface area contributed by atoms with Crippen LogP contribution in [0.25, 0.3) is 32.3 Å². The van der Waals surface area contributed by atoms with Crippen molar-refractivity contribution in [3.05, 3.63) is 102 Å². The molecule has 4 nitrogen and oxygen atoms in total. The Bertz CT molecular complexity index is 1380. The van der Waals surface area contributed by atoms with Crippen LogP contribution in [0.15, 0.2) is 91.3 Å². The summed E-state index contributed by atoms with van der Waals surface area (Å²) in [5, 5.41) is 4.30. The van der Waals surface area contributed by atoms with Gasteiger partial charge in [-0.25, -0.2) is 4.98 Å². The zero-order chi connectivity index (χ0) is 21.2. The second-order valence-electron chi connectivity index (χ2n) is 6.99. The number of nitrogens with one attached hydrogen (secondary N) is 1. The van der Waals surface area contributed by atoms with Crippen molar-refractivity contribution in [2.24, 2.45) is 0 Å². The standard InChI is InChI=1S/C25H16ClN3OS/c26-22-11-10-19(25(30)29-24-21-15-28-31-23(21)12-13-27-24)14-20(22)18-8-6-17(7-9-18)16-4-2-1-3-5-16/h1-15H,(H,27,29,30). The van der Waals surface area contributed by atoms with E-state index in [1.807, 2.05) is 36.4 Å². The summed E-state index contributed by atoms with van der Waals surface area (Å²) in [6, 6.07) is 25.5. The highest BCUT2D eigenvalue weighted by molar-refractivity contribution is 7.13. The molecular formula is C25H16ClN3OS. The number of nitrogens with zero attached hydrogens (tertiary/aromatic N) is 2. The highest BCUT2D eigenvalue weighted by Gasteiger charge is 2.13. The molecule has 0 spiro atoms. The molecule has 2 heterocycles. The molecule has 0 aliphatic heterocycles. The zero-order valence-electron chi connectivity index (χ0n) is 16.2. The Balaban J connectivity index is 1.44. The van der Waals surface area contributed by atoms with Gasteiger partial charge in [0.1, 0.15) is 5.82 Å². The van der Waals surface area contributed by atoms with E-state index in [0.717, 1.165) is 32.3 Å². The van der Waals surface area contributed by atoms with E-state index in [9.17, 15) is 4.79 Å².